The lowest BCUT2D eigenvalue weighted by Crippen LogP contribution is -2.40. The fourth-order valence-electron chi connectivity index (χ4n) is 2.05. The minimum atomic E-state index is 0.519. The van der Waals surface area contributed by atoms with E-state index in [-0.39, 0.29) is 0 Å². The van der Waals surface area contributed by atoms with Gasteiger partial charge in [0.25, 0.3) is 0 Å². The Morgan fingerprint density at radius 2 is 2.00 bits per heavy atom. The summed E-state index contributed by atoms with van der Waals surface area (Å²) in [6, 6.07) is 6.73. The quantitative estimate of drug-likeness (QED) is 0.838. The summed E-state index contributed by atoms with van der Waals surface area (Å²) in [6.07, 6.45) is 1.70. The number of rotatable bonds is 6. The maximum atomic E-state index is 8.96. The van der Waals surface area contributed by atoms with Crippen LogP contribution in [0.15, 0.2) is 18.3 Å². The highest BCUT2D eigenvalue weighted by atomic mass is 15.2. The molecule has 0 aliphatic carbocycles. The van der Waals surface area contributed by atoms with Crippen molar-refractivity contribution in [1.29, 1.82) is 5.26 Å². The second kappa shape index (κ2) is 6.97. The average molecular weight is 246 g/mol. The minimum Gasteiger partial charge on any atom is -0.368 e. The summed E-state index contributed by atoms with van der Waals surface area (Å²) in [7, 11) is 0. The van der Waals surface area contributed by atoms with Crippen molar-refractivity contribution in [2.75, 3.05) is 18.4 Å². The molecule has 0 amide bonds. The molecule has 4 nitrogen and oxygen atoms in total. The first-order valence-electron chi connectivity index (χ1n) is 6.41. The Morgan fingerprint density at radius 3 is 2.56 bits per heavy atom. The molecular weight excluding hydrogens is 224 g/mol. The Balaban J connectivity index is 2.53. The first kappa shape index (κ1) is 14.5. The van der Waals surface area contributed by atoms with Gasteiger partial charge in [-0.1, -0.05) is 0 Å². The van der Waals surface area contributed by atoms with E-state index in [2.05, 4.69) is 49.0 Å². The standard InChI is InChI=1S/C14H22N4/c1-11(2)18(12(3)4)9-8-17-14-13(10-15)6-5-7-16-14/h5-7,11-12H,8-9H2,1-4H3,(H,16,17). The fourth-order valence-corrected chi connectivity index (χ4v) is 2.05. The smallest absolute Gasteiger partial charge is 0.143 e. The van der Waals surface area contributed by atoms with Crippen molar-refractivity contribution in [2.24, 2.45) is 0 Å². The van der Waals surface area contributed by atoms with E-state index in [4.69, 9.17) is 5.26 Å². The highest BCUT2D eigenvalue weighted by Crippen LogP contribution is 2.10. The summed E-state index contributed by atoms with van der Waals surface area (Å²) in [5.41, 5.74) is 0.596. The highest BCUT2D eigenvalue weighted by molar-refractivity contribution is 5.51. The Labute approximate surface area is 110 Å². The van der Waals surface area contributed by atoms with E-state index < -0.39 is 0 Å². The monoisotopic (exact) mass is 246 g/mol. The number of pyridine rings is 1. The lowest BCUT2D eigenvalue weighted by molar-refractivity contribution is 0.182. The molecule has 0 radical (unpaired) electrons. The van der Waals surface area contributed by atoms with Gasteiger partial charge in [0.1, 0.15) is 11.9 Å². The van der Waals surface area contributed by atoms with Gasteiger partial charge in [0.2, 0.25) is 0 Å². The molecule has 0 aliphatic rings. The Morgan fingerprint density at radius 1 is 1.33 bits per heavy atom. The van der Waals surface area contributed by atoms with Crippen LogP contribution in [0.2, 0.25) is 0 Å². The molecule has 0 aliphatic heterocycles. The van der Waals surface area contributed by atoms with Gasteiger partial charge in [-0.05, 0) is 39.8 Å². The van der Waals surface area contributed by atoms with Crippen molar-refractivity contribution in [3.63, 3.8) is 0 Å². The van der Waals surface area contributed by atoms with Gasteiger partial charge in [0.15, 0.2) is 0 Å². The lowest BCUT2D eigenvalue weighted by atomic mass is 10.2. The number of aromatic nitrogens is 1. The fraction of sp³-hybridized carbons (Fsp3) is 0.571. The molecule has 0 fully saturated rings. The molecule has 1 rings (SSSR count). The second-order valence-electron chi connectivity index (χ2n) is 4.86. The lowest BCUT2D eigenvalue weighted by Gasteiger charge is -2.30. The molecule has 0 atom stereocenters. The van der Waals surface area contributed by atoms with Crippen LogP contribution < -0.4 is 5.32 Å². The predicted octanol–water partition coefficient (Wildman–Crippen LogP) is 2.48. The number of anilines is 1. The summed E-state index contributed by atoms with van der Waals surface area (Å²) in [6.45, 7) is 10.5. The van der Waals surface area contributed by atoms with Crippen LogP contribution in [0.4, 0.5) is 5.82 Å². The van der Waals surface area contributed by atoms with E-state index in [0.29, 0.717) is 23.5 Å². The van der Waals surface area contributed by atoms with E-state index >= 15 is 0 Å². The van der Waals surface area contributed by atoms with Gasteiger partial charge in [-0.15, -0.1) is 0 Å². The van der Waals surface area contributed by atoms with E-state index in [1.807, 2.05) is 0 Å². The summed E-state index contributed by atoms with van der Waals surface area (Å²) in [5, 5.41) is 12.2. The molecule has 1 N–H and O–H groups in total. The van der Waals surface area contributed by atoms with Gasteiger partial charge in [-0.3, -0.25) is 4.90 Å². The van der Waals surface area contributed by atoms with Crippen LogP contribution in [-0.4, -0.2) is 35.1 Å². The Bertz CT molecular complexity index is 399. The third-order valence-corrected chi connectivity index (χ3v) is 2.92. The van der Waals surface area contributed by atoms with Crippen molar-refractivity contribution in [2.45, 2.75) is 39.8 Å². The first-order chi connectivity index (χ1) is 8.56. The molecule has 0 unspecified atom stereocenters. The van der Waals surface area contributed by atoms with Crippen LogP contribution in [0.3, 0.4) is 0 Å². The van der Waals surface area contributed by atoms with Gasteiger partial charge in [-0.25, -0.2) is 4.98 Å². The molecule has 18 heavy (non-hydrogen) atoms. The highest BCUT2D eigenvalue weighted by Gasteiger charge is 2.12. The predicted molar refractivity (Wildman–Crippen MR) is 74.4 cm³/mol. The third kappa shape index (κ3) is 4.01. The molecule has 4 heteroatoms. The molecule has 98 valence electrons. The summed E-state index contributed by atoms with van der Waals surface area (Å²) in [5.74, 6) is 0.674. The van der Waals surface area contributed by atoms with Gasteiger partial charge in [0, 0.05) is 31.4 Å². The van der Waals surface area contributed by atoms with Gasteiger partial charge < -0.3 is 5.32 Å². The van der Waals surface area contributed by atoms with Gasteiger partial charge in [0.05, 0.1) is 5.56 Å². The normalized spacial score (nSPS) is 11.0. The molecular formula is C14H22N4. The van der Waals surface area contributed by atoms with Crippen molar-refractivity contribution < 1.29 is 0 Å². The van der Waals surface area contributed by atoms with Crippen LogP contribution in [0.5, 0.6) is 0 Å². The van der Waals surface area contributed by atoms with Crippen molar-refractivity contribution in [3.8, 4) is 6.07 Å². The summed E-state index contributed by atoms with van der Waals surface area (Å²) >= 11 is 0. The SMILES string of the molecule is CC(C)N(CCNc1ncccc1C#N)C(C)C. The second-order valence-corrected chi connectivity index (χ2v) is 4.86. The topological polar surface area (TPSA) is 52.0 Å². The van der Waals surface area contributed by atoms with Crippen LogP contribution >= 0.6 is 0 Å². The molecule has 0 saturated heterocycles. The van der Waals surface area contributed by atoms with Gasteiger partial charge >= 0.3 is 0 Å². The number of nitrogens with zero attached hydrogens (tertiary/aromatic N) is 3. The average Bonchev–Trinajstić information content (AvgIpc) is 2.34. The summed E-state index contributed by atoms with van der Waals surface area (Å²) in [4.78, 5) is 6.59. The summed E-state index contributed by atoms with van der Waals surface area (Å²) < 4.78 is 0. The first-order valence-corrected chi connectivity index (χ1v) is 6.41. The van der Waals surface area contributed by atoms with E-state index in [1.54, 1.807) is 18.3 Å². The number of nitrogens with one attached hydrogen (secondary N) is 1. The van der Waals surface area contributed by atoms with Gasteiger partial charge in [-0.2, -0.15) is 5.26 Å². The molecule has 0 saturated carbocycles. The molecule has 0 spiro atoms. The number of nitriles is 1. The molecule has 1 aromatic rings. The number of hydrogen-bond acceptors (Lipinski definition) is 4. The van der Waals surface area contributed by atoms with Crippen LogP contribution in [0.1, 0.15) is 33.3 Å². The van der Waals surface area contributed by atoms with Crippen LogP contribution in [0.25, 0.3) is 0 Å². The van der Waals surface area contributed by atoms with Crippen molar-refractivity contribution in [3.05, 3.63) is 23.9 Å². The molecule has 0 aromatic carbocycles. The Hall–Kier alpha value is -1.60. The van der Waals surface area contributed by atoms with Crippen LogP contribution in [0, 0.1) is 11.3 Å². The van der Waals surface area contributed by atoms with E-state index in [1.165, 1.54) is 0 Å². The van der Waals surface area contributed by atoms with Crippen LogP contribution in [-0.2, 0) is 0 Å². The third-order valence-electron chi connectivity index (χ3n) is 2.92. The molecule has 0 bridgehead atoms. The largest absolute Gasteiger partial charge is 0.368 e. The minimum absolute atomic E-state index is 0.519. The van der Waals surface area contributed by atoms with E-state index in [0.717, 1.165) is 13.1 Å². The Kier molecular flexibility index (Phi) is 5.60. The zero-order valence-electron chi connectivity index (χ0n) is 11.6. The zero-order valence-corrected chi connectivity index (χ0v) is 11.6. The van der Waals surface area contributed by atoms with Crippen molar-refractivity contribution in [1.82, 2.24) is 9.88 Å². The zero-order chi connectivity index (χ0) is 13.5. The van der Waals surface area contributed by atoms with E-state index in [9.17, 15) is 0 Å². The molecule has 1 heterocycles. The maximum Gasteiger partial charge on any atom is 0.143 e. The number of hydrogen-bond donors (Lipinski definition) is 1. The van der Waals surface area contributed by atoms with Crippen molar-refractivity contribution >= 4 is 5.82 Å². The molecule has 1 aromatic heterocycles. The maximum absolute atomic E-state index is 8.96.